The van der Waals surface area contributed by atoms with E-state index in [1.165, 1.54) is 49.1 Å². The molecule has 1 aromatic carbocycles. The van der Waals surface area contributed by atoms with Crippen molar-refractivity contribution in [2.24, 2.45) is 5.41 Å². The number of piperidine rings is 3. The van der Waals surface area contributed by atoms with Gasteiger partial charge >= 0.3 is 0 Å². The van der Waals surface area contributed by atoms with Gasteiger partial charge in [0.1, 0.15) is 5.60 Å². The van der Waals surface area contributed by atoms with Gasteiger partial charge in [0.15, 0.2) is 0 Å². The molecule has 3 aliphatic rings. The average molecular weight is 425 g/mol. The third kappa shape index (κ3) is 3.31. The highest BCUT2D eigenvalue weighted by molar-refractivity contribution is 7.11. The van der Waals surface area contributed by atoms with Gasteiger partial charge in [-0.1, -0.05) is 42.5 Å². The van der Waals surface area contributed by atoms with E-state index in [9.17, 15) is 5.11 Å². The Labute approximate surface area is 182 Å². The summed E-state index contributed by atoms with van der Waals surface area (Å²) in [5, 5.41) is 16.5. The molecule has 0 spiro atoms. The first-order chi connectivity index (χ1) is 14.2. The van der Waals surface area contributed by atoms with Gasteiger partial charge in [-0.15, -0.1) is 22.7 Å². The van der Waals surface area contributed by atoms with Crippen LogP contribution in [0, 0.1) is 5.41 Å². The lowest BCUT2D eigenvalue weighted by Gasteiger charge is -2.59. The van der Waals surface area contributed by atoms with Crippen molar-refractivity contribution in [3.8, 4) is 0 Å². The van der Waals surface area contributed by atoms with Crippen LogP contribution in [0.3, 0.4) is 0 Å². The van der Waals surface area contributed by atoms with Crippen molar-refractivity contribution in [1.82, 2.24) is 0 Å². The number of hydrogen-bond donors (Lipinski definition) is 1. The maximum absolute atomic E-state index is 12.3. The van der Waals surface area contributed by atoms with Crippen LogP contribution >= 0.6 is 22.7 Å². The highest BCUT2D eigenvalue weighted by atomic mass is 32.1. The minimum Gasteiger partial charge on any atom is -0.378 e. The number of thiophene rings is 2. The molecule has 0 aliphatic carbocycles. The highest BCUT2D eigenvalue weighted by Gasteiger charge is 2.60. The van der Waals surface area contributed by atoms with Crippen molar-refractivity contribution in [1.29, 1.82) is 0 Å². The van der Waals surface area contributed by atoms with E-state index in [4.69, 9.17) is 0 Å². The second kappa shape index (κ2) is 7.66. The number of fused-ring (bicyclic) bond motifs is 3. The zero-order chi connectivity index (χ0) is 19.8. The van der Waals surface area contributed by atoms with Gasteiger partial charge in [0, 0.05) is 40.9 Å². The summed E-state index contributed by atoms with van der Waals surface area (Å²) in [6.07, 6.45) is 5.83. The maximum Gasteiger partial charge on any atom is 0.139 e. The largest absolute Gasteiger partial charge is 0.378 e. The van der Waals surface area contributed by atoms with E-state index in [-0.39, 0.29) is 5.41 Å². The third-order valence-electron chi connectivity index (χ3n) is 7.66. The van der Waals surface area contributed by atoms with Gasteiger partial charge in [0.25, 0.3) is 0 Å². The van der Waals surface area contributed by atoms with Crippen LogP contribution in [0.4, 0.5) is 0 Å². The minimum absolute atomic E-state index is 0.0118. The minimum atomic E-state index is -0.824. The molecule has 29 heavy (non-hydrogen) atoms. The molecule has 5 heterocycles. The molecule has 4 heteroatoms. The lowest BCUT2D eigenvalue weighted by atomic mass is 9.59. The Bertz CT molecular complexity index is 858. The number of quaternary nitrogens is 1. The monoisotopic (exact) mass is 424 g/mol. The molecule has 3 fully saturated rings. The van der Waals surface area contributed by atoms with Gasteiger partial charge in [-0.3, -0.25) is 0 Å². The molecule has 1 N–H and O–H groups in total. The van der Waals surface area contributed by atoms with E-state index in [2.05, 4.69) is 65.4 Å². The second-order valence-corrected chi connectivity index (χ2v) is 10.9. The van der Waals surface area contributed by atoms with Crippen LogP contribution in [-0.4, -0.2) is 35.8 Å². The number of rotatable bonds is 7. The van der Waals surface area contributed by atoms with Gasteiger partial charge in [-0.25, -0.2) is 0 Å². The Morgan fingerprint density at radius 2 is 1.41 bits per heavy atom. The molecule has 0 atom stereocenters. The molecule has 3 aliphatic heterocycles. The van der Waals surface area contributed by atoms with Crippen molar-refractivity contribution in [2.45, 2.75) is 37.7 Å². The fraction of sp³-hybridized carbons (Fsp3) is 0.440. The number of aliphatic hydroxyl groups is 1. The number of benzene rings is 1. The fourth-order valence-electron chi connectivity index (χ4n) is 5.82. The Hall–Kier alpha value is -1.46. The first kappa shape index (κ1) is 19.5. The van der Waals surface area contributed by atoms with Gasteiger partial charge in [-0.05, 0) is 34.9 Å². The van der Waals surface area contributed by atoms with Crippen LogP contribution < -0.4 is 0 Å². The molecular weight excluding hydrogens is 394 g/mol. The summed E-state index contributed by atoms with van der Waals surface area (Å²) >= 11 is 3.43. The maximum atomic E-state index is 12.3. The average Bonchev–Trinajstić information content (AvgIpc) is 3.50. The van der Waals surface area contributed by atoms with Crippen molar-refractivity contribution < 1.29 is 9.59 Å². The van der Waals surface area contributed by atoms with E-state index in [1.54, 1.807) is 22.7 Å². The molecule has 2 bridgehead atoms. The van der Waals surface area contributed by atoms with E-state index in [1.807, 2.05) is 0 Å². The van der Waals surface area contributed by atoms with Crippen LogP contribution in [0.25, 0.3) is 0 Å². The highest BCUT2D eigenvalue weighted by Crippen LogP contribution is 2.58. The number of aryl methyl sites for hydroxylation is 1. The molecule has 6 rings (SSSR count). The summed E-state index contributed by atoms with van der Waals surface area (Å²) in [7, 11) is 0. The van der Waals surface area contributed by atoms with Gasteiger partial charge in [-0.2, -0.15) is 0 Å². The summed E-state index contributed by atoms with van der Waals surface area (Å²) in [5.74, 6) is 0. The molecule has 2 nitrogen and oxygen atoms in total. The van der Waals surface area contributed by atoms with Crippen molar-refractivity contribution >= 4 is 22.7 Å². The molecule has 0 amide bonds. The van der Waals surface area contributed by atoms with Gasteiger partial charge < -0.3 is 9.59 Å². The Morgan fingerprint density at radius 3 is 1.93 bits per heavy atom. The first-order valence-corrected chi connectivity index (χ1v) is 12.6. The quantitative estimate of drug-likeness (QED) is 0.484. The SMILES string of the molecule is OC(c1cccs1)(c1cccs1)C12CC[N+](CCCc3ccccc3)(CC1)CC2. The molecule has 0 saturated carbocycles. The third-order valence-corrected chi connectivity index (χ3v) is 9.62. The van der Waals surface area contributed by atoms with Crippen LogP contribution in [-0.2, 0) is 12.0 Å². The van der Waals surface area contributed by atoms with E-state index >= 15 is 0 Å². The van der Waals surface area contributed by atoms with E-state index in [0.717, 1.165) is 29.0 Å². The topological polar surface area (TPSA) is 20.2 Å². The predicted molar refractivity (Wildman–Crippen MR) is 122 cm³/mol. The zero-order valence-electron chi connectivity index (χ0n) is 16.9. The van der Waals surface area contributed by atoms with Crippen LogP contribution in [0.15, 0.2) is 65.4 Å². The smallest absolute Gasteiger partial charge is 0.139 e. The standard InChI is InChI=1S/C25H30NOS2/c27-25(22-10-5-19-28-22,23-11-6-20-29-23)24-12-16-26(17-13-24,18-14-24)15-4-9-21-7-2-1-3-8-21/h1-3,5-8,10-11,19-20,27H,4,9,12-18H2/q+1. The van der Waals surface area contributed by atoms with Gasteiger partial charge in [0.2, 0.25) is 0 Å². The summed E-state index contributed by atoms with van der Waals surface area (Å²) in [4.78, 5) is 2.26. The molecule has 0 radical (unpaired) electrons. The van der Waals surface area contributed by atoms with Crippen molar-refractivity contribution in [2.75, 3.05) is 26.2 Å². The summed E-state index contributed by atoms with van der Waals surface area (Å²) in [6.45, 7) is 4.93. The Balaban J connectivity index is 1.33. The molecule has 0 unspecified atom stereocenters. The van der Waals surface area contributed by atoms with E-state index < -0.39 is 5.60 Å². The predicted octanol–water partition coefficient (Wildman–Crippen LogP) is 5.68. The first-order valence-electron chi connectivity index (χ1n) is 10.9. The molecule has 3 aromatic rings. The van der Waals surface area contributed by atoms with Gasteiger partial charge in [0.05, 0.1) is 26.2 Å². The van der Waals surface area contributed by atoms with Crippen molar-refractivity contribution in [3.05, 3.63) is 80.7 Å². The van der Waals surface area contributed by atoms with Crippen LogP contribution in [0.2, 0.25) is 0 Å². The molecule has 152 valence electrons. The summed E-state index contributed by atoms with van der Waals surface area (Å²) < 4.78 is 1.26. The summed E-state index contributed by atoms with van der Waals surface area (Å²) in [5.41, 5.74) is 0.622. The van der Waals surface area contributed by atoms with Crippen molar-refractivity contribution in [3.63, 3.8) is 0 Å². The molecule has 2 aromatic heterocycles. The van der Waals surface area contributed by atoms with E-state index in [0.29, 0.717) is 0 Å². The molecular formula is C25H30NOS2+. The Kier molecular flexibility index (Phi) is 5.15. The fourth-order valence-corrected chi connectivity index (χ4v) is 7.80. The normalized spacial score (nSPS) is 26.7. The Morgan fingerprint density at radius 1 is 0.828 bits per heavy atom. The van der Waals surface area contributed by atoms with Crippen LogP contribution in [0.1, 0.15) is 41.0 Å². The summed E-state index contributed by atoms with van der Waals surface area (Å²) in [6, 6.07) is 19.4. The van der Waals surface area contributed by atoms with Crippen LogP contribution in [0.5, 0.6) is 0 Å². The zero-order valence-corrected chi connectivity index (χ0v) is 18.6. The molecule has 3 saturated heterocycles. The number of nitrogens with zero attached hydrogens (tertiary/aromatic N) is 1. The second-order valence-electron chi connectivity index (χ2n) is 9.02. The lowest BCUT2D eigenvalue weighted by Crippen LogP contribution is -2.66. The number of hydrogen-bond acceptors (Lipinski definition) is 3. The lowest BCUT2D eigenvalue weighted by molar-refractivity contribution is -0.946.